The summed E-state index contributed by atoms with van der Waals surface area (Å²) in [6.45, 7) is 2.24. The van der Waals surface area contributed by atoms with Crippen LogP contribution in [-0.4, -0.2) is 20.5 Å². The fourth-order valence-electron chi connectivity index (χ4n) is 0.821. The van der Waals surface area contributed by atoms with Crippen LogP contribution in [0.4, 0.5) is 0 Å². The highest BCUT2D eigenvalue weighted by atomic mass is 32.2. The van der Waals surface area contributed by atoms with Crippen molar-refractivity contribution in [1.82, 2.24) is 14.8 Å². The van der Waals surface area contributed by atoms with Gasteiger partial charge in [0, 0.05) is 7.05 Å². The number of rotatable bonds is 3. The van der Waals surface area contributed by atoms with E-state index >= 15 is 0 Å². The van der Waals surface area contributed by atoms with E-state index in [0.717, 1.165) is 16.7 Å². The summed E-state index contributed by atoms with van der Waals surface area (Å²) in [5, 5.41) is 8.78. The maximum Gasteiger partial charge on any atom is 0.191 e. The van der Waals surface area contributed by atoms with Crippen molar-refractivity contribution < 1.29 is 0 Å². The maximum atomic E-state index is 5.46. The predicted octanol–water partition coefficient (Wildman–Crippen LogP) is 0.389. The summed E-state index contributed by atoms with van der Waals surface area (Å²) < 4.78 is 1.89. The summed E-state index contributed by atoms with van der Waals surface area (Å²) in [6.07, 6.45) is 0. The van der Waals surface area contributed by atoms with Gasteiger partial charge in [0.25, 0.3) is 0 Å². The van der Waals surface area contributed by atoms with Crippen molar-refractivity contribution in [2.75, 3.05) is 5.75 Å². The first-order chi connectivity index (χ1) is 6.29. The van der Waals surface area contributed by atoms with Crippen molar-refractivity contribution in [3.8, 4) is 11.8 Å². The fraction of sp³-hybridized carbons (Fsp3) is 0.500. The first-order valence-electron chi connectivity index (χ1n) is 3.90. The summed E-state index contributed by atoms with van der Waals surface area (Å²) in [7, 11) is 1.91. The molecular formula is C8H12N4S. The largest absolute Gasteiger partial charge is 0.324 e. The van der Waals surface area contributed by atoms with Crippen LogP contribution in [0.15, 0.2) is 5.16 Å². The number of hydrogen-bond acceptors (Lipinski definition) is 4. The topological polar surface area (TPSA) is 56.7 Å². The Morgan fingerprint density at radius 1 is 1.54 bits per heavy atom. The average molecular weight is 196 g/mol. The fourth-order valence-corrected chi connectivity index (χ4v) is 1.56. The molecule has 0 bridgehead atoms. The Balaban J connectivity index is 2.65. The smallest absolute Gasteiger partial charge is 0.191 e. The highest BCUT2D eigenvalue weighted by Gasteiger charge is 2.05. The van der Waals surface area contributed by atoms with E-state index in [4.69, 9.17) is 5.73 Å². The van der Waals surface area contributed by atoms with Crippen molar-refractivity contribution >= 4 is 11.8 Å². The lowest BCUT2D eigenvalue weighted by molar-refractivity contribution is 0.735. The molecule has 0 saturated carbocycles. The van der Waals surface area contributed by atoms with Crippen LogP contribution < -0.4 is 5.73 Å². The summed E-state index contributed by atoms with van der Waals surface area (Å²) in [5.74, 6) is 7.32. The van der Waals surface area contributed by atoms with Gasteiger partial charge >= 0.3 is 0 Å². The maximum absolute atomic E-state index is 5.46. The molecule has 70 valence electrons. The Hall–Kier alpha value is -0.990. The molecule has 0 saturated heterocycles. The van der Waals surface area contributed by atoms with Crippen molar-refractivity contribution in [3.63, 3.8) is 0 Å². The Morgan fingerprint density at radius 3 is 2.85 bits per heavy atom. The highest BCUT2D eigenvalue weighted by molar-refractivity contribution is 7.99. The number of nitrogens with two attached hydrogens (primary N) is 1. The molecule has 1 aromatic rings. The molecule has 4 nitrogen and oxygen atoms in total. The second-order valence-corrected chi connectivity index (χ2v) is 3.32. The second kappa shape index (κ2) is 4.90. The predicted molar refractivity (Wildman–Crippen MR) is 53.1 cm³/mol. The summed E-state index contributed by atoms with van der Waals surface area (Å²) >= 11 is 1.57. The lowest BCUT2D eigenvalue weighted by atomic mass is 10.6. The monoisotopic (exact) mass is 196 g/mol. The molecule has 1 heterocycles. The molecule has 13 heavy (non-hydrogen) atoms. The summed E-state index contributed by atoms with van der Waals surface area (Å²) in [6, 6.07) is 0. The molecule has 1 aromatic heterocycles. The third kappa shape index (κ3) is 2.47. The van der Waals surface area contributed by atoms with Gasteiger partial charge in [0.15, 0.2) is 5.16 Å². The van der Waals surface area contributed by atoms with Crippen LogP contribution in [-0.2, 0) is 13.6 Å². The molecule has 0 aliphatic heterocycles. The lowest BCUT2D eigenvalue weighted by Crippen LogP contribution is -2.05. The summed E-state index contributed by atoms with van der Waals surface area (Å²) in [5.41, 5.74) is 5.46. The van der Waals surface area contributed by atoms with E-state index in [1.807, 2.05) is 18.5 Å². The van der Waals surface area contributed by atoms with Gasteiger partial charge in [-0.05, 0) is 6.92 Å². The minimum absolute atomic E-state index is 0.420. The molecule has 2 N–H and O–H groups in total. The first-order valence-corrected chi connectivity index (χ1v) is 4.89. The number of nitrogens with zero attached hydrogens (tertiary/aromatic N) is 3. The normalized spacial score (nSPS) is 9.46. The zero-order valence-corrected chi connectivity index (χ0v) is 8.56. The van der Waals surface area contributed by atoms with Crippen LogP contribution in [0.1, 0.15) is 12.7 Å². The molecule has 0 unspecified atom stereocenters. The van der Waals surface area contributed by atoms with E-state index in [1.54, 1.807) is 11.8 Å². The lowest BCUT2D eigenvalue weighted by Gasteiger charge is -1.98. The molecule has 0 aromatic carbocycles. The molecule has 0 radical (unpaired) electrons. The van der Waals surface area contributed by atoms with E-state index < -0.39 is 0 Å². The van der Waals surface area contributed by atoms with Crippen LogP contribution >= 0.6 is 11.8 Å². The molecule has 5 heteroatoms. The van der Waals surface area contributed by atoms with Gasteiger partial charge in [0.05, 0.1) is 12.3 Å². The Labute approximate surface area is 81.9 Å². The number of hydrogen-bond donors (Lipinski definition) is 1. The molecule has 1 rings (SSSR count). The Bertz CT molecular complexity index is 334. The van der Waals surface area contributed by atoms with E-state index in [0.29, 0.717) is 6.54 Å². The third-order valence-electron chi connectivity index (χ3n) is 1.56. The van der Waals surface area contributed by atoms with Crippen LogP contribution in [0, 0.1) is 11.8 Å². The van der Waals surface area contributed by atoms with E-state index in [1.165, 1.54) is 0 Å². The standard InChI is InChI=1S/C8H12N4S/c1-3-4-5-13-8-11-10-7(6-9)12(8)2/h5-6,9H2,1-2H3. The molecule has 0 fully saturated rings. The highest BCUT2D eigenvalue weighted by Crippen LogP contribution is 2.14. The zero-order chi connectivity index (χ0) is 9.68. The van der Waals surface area contributed by atoms with Gasteiger partial charge in [-0.1, -0.05) is 17.7 Å². The van der Waals surface area contributed by atoms with Gasteiger partial charge < -0.3 is 10.3 Å². The minimum Gasteiger partial charge on any atom is -0.324 e. The van der Waals surface area contributed by atoms with Gasteiger partial charge in [0.1, 0.15) is 5.82 Å². The molecule has 0 amide bonds. The van der Waals surface area contributed by atoms with Gasteiger partial charge in [-0.2, -0.15) is 0 Å². The van der Waals surface area contributed by atoms with Crippen LogP contribution in [0.25, 0.3) is 0 Å². The van der Waals surface area contributed by atoms with Gasteiger partial charge in [-0.3, -0.25) is 0 Å². The first kappa shape index (κ1) is 10.1. The van der Waals surface area contributed by atoms with Crippen LogP contribution in [0.3, 0.4) is 0 Å². The quantitative estimate of drug-likeness (QED) is 0.561. The van der Waals surface area contributed by atoms with Crippen LogP contribution in [0.2, 0.25) is 0 Å². The second-order valence-electron chi connectivity index (χ2n) is 2.38. The van der Waals surface area contributed by atoms with Crippen molar-refractivity contribution in [2.45, 2.75) is 18.6 Å². The van der Waals surface area contributed by atoms with Gasteiger partial charge in [-0.25, -0.2) is 0 Å². The van der Waals surface area contributed by atoms with E-state index in [9.17, 15) is 0 Å². The van der Waals surface area contributed by atoms with Gasteiger partial charge in [0.2, 0.25) is 0 Å². The number of aromatic nitrogens is 3. The number of thioether (sulfide) groups is 1. The molecule has 0 spiro atoms. The van der Waals surface area contributed by atoms with Crippen molar-refractivity contribution in [1.29, 1.82) is 0 Å². The Kier molecular flexibility index (Phi) is 3.80. The molecule has 0 atom stereocenters. The zero-order valence-electron chi connectivity index (χ0n) is 7.74. The third-order valence-corrected chi connectivity index (χ3v) is 2.46. The Morgan fingerprint density at radius 2 is 2.31 bits per heavy atom. The van der Waals surface area contributed by atoms with Crippen molar-refractivity contribution in [2.24, 2.45) is 12.8 Å². The molecule has 0 aliphatic rings. The summed E-state index contributed by atoms with van der Waals surface area (Å²) in [4.78, 5) is 0. The van der Waals surface area contributed by atoms with E-state index in [2.05, 4.69) is 22.0 Å². The SMILES string of the molecule is CC#CCSc1nnc(CN)n1C. The molecule has 0 aliphatic carbocycles. The van der Waals surface area contributed by atoms with Crippen molar-refractivity contribution in [3.05, 3.63) is 5.82 Å². The van der Waals surface area contributed by atoms with Gasteiger partial charge in [-0.15, -0.1) is 16.1 Å². The van der Waals surface area contributed by atoms with Crippen LogP contribution in [0.5, 0.6) is 0 Å². The average Bonchev–Trinajstić information content (AvgIpc) is 2.48. The molecular weight excluding hydrogens is 184 g/mol. The van der Waals surface area contributed by atoms with E-state index in [-0.39, 0.29) is 0 Å². The minimum atomic E-state index is 0.420.